The summed E-state index contributed by atoms with van der Waals surface area (Å²) in [5.41, 5.74) is 5.01. The van der Waals surface area contributed by atoms with E-state index in [0.29, 0.717) is 22.6 Å². The van der Waals surface area contributed by atoms with Gasteiger partial charge >= 0.3 is 0 Å². The number of pyridine rings is 1. The quantitative estimate of drug-likeness (QED) is 0.237. The first-order valence-electron chi connectivity index (χ1n) is 11.1. The zero-order valence-corrected chi connectivity index (χ0v) is 20.6. The molecular formula is C26H26BrNO5. The van der Waals surface area contributed by atoms with Crippen LogP contribution in [-0.2, 0) is 7.05 Å². The zero-order valence-electron chi connectivity index (χ0n) is 19.0. The number of ether oxygens (including phenoxy) is 4. The number of rotatable bonds is 7. The summed E-state index contributed by atoms with van der Waals surface area (Å²) in [4.78, 5) is 13.4. The number of hydrogen-bond acceptors (Lipinski definition) is 5. The second kappa shape index (κ2) is 8.78. The van der Waals surface area contributed by atoms with E-state index in [1.807, 2.05) is 25.2 Å². The third-order valence-electron chi connectivity index (χ3n) is 6.41. The van der Waals surface area contributed by atoms with Gasteiger partial charge in [0.05, 0.1) is 25.3 Å². The molecular weight excluding hydrogens is 486 g/mol. The van der Waals surface area contributed by atoms with Crippen molar-refractivity contribution in [2.75, 3.05) is 26.3 Å². The van der Waals surface area contributed by atoms with Gasteiger partial charge in [0.25, 0.3) is 5.56 Å². The second-order valence-electron chi connectivity index (χ2n) is 8.25. The van der Waals surface area contributed by atoms with Gasteiger partial charge in [0, 0.05) is 28.9 Å². The van der Waals surface area contributed by atoms with Crippen LogP contribution in [-0.4, -0.2) is 30.9 Å². The van der Waals surface area contributed by atoms with Gasteiger partial charge in [-0.05, 0) is 54.7 Å². The fourth-order valence-electron chi connectivity index (χ4n) is 4.80. The van der Waals surface area contributed by atoms with Crippen LogP contribution in [0.2, 0.25) is 0 Å². The molecule has 0 fully saturated rings. The highest BCUT2D eigenvalue weighted by Crippen LogP contribution is 2.51. The number of unbranched alkanes of at least 4 members (excludes halogenated alkanes) is 3. The lowest BCUT2D eigenvalue weighted by atomic mass is 9.97. The number of alkyl halides is 1. The predicted molar refractivity (Wildman–Crippen MR) is 133 cm³/mol. The third kappa shape index (κ3) is 3.50. The number of allylic oxidation sites excluding steroid dienone is 1. The molecule has 0 radical (unpaired) electrons. The number of benzene rings is 2. The van der Waals surface area contributed by atoms with Gasteiger partial charge in [-0.15, -0.1) is 0 Å². The Balaban J connectivity index is 1.79. The Morgan fingerprint density at radius 3 is 2.30 bits per heavy atom. The SMILES string of the molecule is COc1cc2c3c(n(C)c(=O)c2cc1OC)-c1cc2c(cc1/C3=C/CCCCCBr)OCO2. The van der Waals surface area contributed by atoms with Crippen molar-refractivity contribution in [1.82, 2.24) is 4.57 Å². The maximum Gasteiger partial charge on any atom is 0.258 e. The van der Waals surface area contributed by atoms with Gasteiger partial charge in [-0.3, -0.25) is 4.79 Å². The van der Waals surface area contributed by atoms with E-state index in [1.54, 1.807) is 24.9 Å². The highest BCUT2D eigenvalue weighted by molar-refractivity contribution is 9.09. The van der Waals surface area contributed by atoms with Crippen LogP contribution < -0.4 is 24.5 Å². The van der Waals surface area contributed by atoms with Crippen molar-refractivity contribution < 1.29 is 18.9 Å². The van der Waals surface area contributed by atoms with Crippen molar-refractivity contribution in [3.63, 3.8) is 0 Å². The van der Waals surface area contributed by atoms with Crippen LogP contribution in [0, 0.1) is 0 Å². The van der Waals surface area contributed by atoms with Crippen LogP contribution in [0.25, 0.3) is 27.6 Å². The zero-order chi connectivity index (χ0) is 23.1. The lowest BCUT2D eigenvalue weighted by Crippen LogP contribution is -2.19. The molecule has 2 aromatic carbocycles. The molecule has 0 N–H and O–H groups in total. The molecule has 0 atom stereocenters. The summed E-state index contributed by atoms with van der Waals surface area (Å²) < 4.78 is 24.1. The molecule has 0 spiro atoms. The van der Waals surface area contributed by atoms with E-state index in [2.05, 4.69) is 22.0 Å². The Morgan fingerprint density at radius 2 is 1.64 bits per heavy atom. The molecule has 3 aromatic rings. The summed E-state index contributed by atoms with van der Waals surface area (Å²) in [6.45, 7) is 0.213. The molecule has 172 valence electrons. The molecule has 0 unspecified atom stereocenters. The molecule has 7 heteroatoms. The predicted octanol–water partition coefficient (Wildman–Crippen LogP) is 5.65. The van der Waals surface area contributed by atoms with E-state index >= 15 is 0 Å². The van der Waals surface area contributed by atoms with Crippen molar-refractivity contribution in [1.29, 1.82) is 0 Å². The molecule has 0 amide bonds. The molecule has 6 nitrogen and oxygen atoms in total. The van der Waals surface area contributed by atoms with Gasteiger partial charge in [0.1, 0.15) is 0 Å². The largest absolute Gasteiger partial charge is 0.493 e. The monoisotopic (exact) mass is 511 g/mol. The Bertz CT molecular complexity index is 1340. The van der Waals surface area contributed by atoms with Crippen LogP contribution in [0.5, 0.6) is 23.0 Å². The Labute approximate surface area is 200 Å². The summed E-state index contributed by atoms with van der Waals surface area (Å²) in [5, 5.41) is 2.48. The maximum absolute atomic E-state index is 13.4. The molecule has 0 bridgehead atoms. The molecule has 0 saturated heterocycles. The average molecular weight is 512 g/mol. The topological polar surface area (TPSA) is 58.9 Å². The first-order chi connectivity index (χ1) is 16.1. The number of fused-ring (bicyclic) bond motifs is 6. The van der Waals surface area contributed by atoms with E-state index in [1.165, 1.54) is 0 Å². The summed E-state index contributed by atoms with van der Waals surface area (Å²) in [5.74, 6) is 2.58. The van der Waals surface area contributed by atoms with Gasteiger partial charge in [-0.1, -0.05) is 28.4 Å². The van der Waals surface area contributed by atoms with Gasteiger partial charge in [-0.2, -0.15) is 0 Å². The van der Waals surface area contributed by atoms with Crippen molar-refractivity contribution >= 4 is 32.3 Å². The smallest absolute Gasteiger partial charge is 0.258 e. The molecule has 2 aliphatic rings. The first kappa shape index (κ1) is 21.9. The first-order valence-corrected chi connectivity index (χ1v) is 12.2. The number of hydrogen-bond donors (Lipinski definition) is 0. The normalized spacial score (nSPS) is 14.6. The van der Waals surface area contributed by atoms with Crippen molar-refractivity contribution in [2.45, 2.75) is 25.7 Å². The summed E-state index contributed by atoms with van der Waals surface area (Å²) >= 11 is 3.51. The molecule has 1 aliphatic heterocycles. The Hall–Kier alpha value is -2.93. The van der Waals surface area contributed by atoms with Gasteiger partial charge in [-0.25, -0.2) is 0 Å². The number of aromatic nitrogens is 1. The molecule has 1 aromatic heterocycles. The fraction of sp³-hybridized carbons (Fsp3) is 0.346. The lowest BCUT2D eigenvalue weighted by Gasteiger charge is -2.15. The van der Waals surface area contributed by atoms with Crippen LogP contribution in [0.1, 0.15) is 36.8 Å². The summed E-state index contributed by atoms with van der Waals surface area (Å²) in [6.07, 6.45) is 6.67. The molecule has 1 aliphatic carbocycles. The van der Waals surface area contributed by atoms with Crippen molar-refractivity contribution in [2.24, 2.45) is 7.05 Å². The number of methoxy groups -OCH3 is 2. The summed E-state index contributed by atoms with van der Waals surface area (Å²) in [6, 6.07) is 7.73. The van der Waals surface area contributed by atoms with E-state index in [0.717, 1.165) is 70.1 Å². The van der Waals surface area contributed by atoms with Crippen LogP contribution >= 0.6 is 15.9 Å². The lowest BCUT2D eigenvalue weighted by molar-refractivity contribution is 0.174. The molecule has 5 rings (SSSR count). The number of halogens is 1. The molecule has 2 heterocycles. The number of nitrogens with zero attached hydrogens (tertiary/aromatic N) is 1. The van der Waals surface area contributed by atoms with Crippen LogP contribution in [0.3, 0.4) is 0 Å². The second-order valence-corrected chi connectivity index (χ2v) is 9.04. The third-order valence-corrected chi connectivity index (χ3v) is 6.97. The average Bonchev–Trinajstić information content (AvgIpc) is 3.42. The minimum atomic E-state index is -0.0770. The van der Waals surface area contributed by atoms with E-state index < -0.39 is 0 Å². The molecule has 0 saturated carbocycles. The van der Waals surface area contributed by atoms with Gasteiger partial charge in [0.15, 0.2) is 23.0 Å². The van der Waals surface area contributed by atoms with Crippen molar-refractivity contribution in [3.05, 3.63) is 51.8 Å². The highest BCUT2D eigenvalue weighted by Gasteiger charge is 2.32. The van der Waals surface area contributed by atoms with Crippen LogP contribution in [0.4, 0.5) is 0 Å². The Morgan fingerprint density at radius 1 is 0.970 bits per heavy atom. The Kier molecular flexibility index (Phi) is 5.83. The van der Waals surface area contributed by atoms with Gasteiger partial charge < -0.3 is 23.5 Å². The van der Waals surface area contributed by atoms with E-state index in [-0.39, 0.29) is 12.4 Å². The standard InChI is InChI=1S/C26H26BrNO5/c1-28-25-18-12-23-22(32-14-33-23)10-16(18)15(8-6-4-5-7-9-27)24(25)17-11-20(30-2)21(31-3)13-19(17)26(28)29/h8,10-13H,4-7,9,14H2,1-3H3/b15-8-. The van der Waals surface area contributed by atoms with Crippen LogP contribution in [0.15, 0.2) is 35.1 Å². The van der Waals surface area contributed by atoms with Gasteiger partial charge in [0.2, 0.25) is 6.79 Å². The minimum absolute atomic E-state index is 0.0770. The molecule has 33 heavy (non-hydrogen) atoms. The fourth-order valence-corrected chi connectivity index (χ4v) is 5.19. The highest BCUT2D eigenvalue weighted by atomic mass is 79.9. The van der Waals surface area contributed by atoms with Crippen molar-refractivity contribution in [3.8, 4) is 34.3 Å². The minimum Gasteiger partial charge on any atom is -0.493 e. The van der Waals surface area contributed by atoms with E-state index in [4.69, 9.17) is 18.9 Å². The van der Waals surface area contributed by atoms with E-state index in [9.17, 15) is 4.79 Å². The maximum atomic E-state index is 13.4. The summed E-state index contributed by atoms with van der Waals surface area (Å²) in [7, 11) is 5.02.